The lowest BCUT2D eigenvalue weighted by Gasteiger charge is -2.22. The summed E-state index contributed by atoms with van der Waals surface area (Å²) < 4.78 is 10.9. The first-order chi connectivity index (χ1) is 7.94. The van der Waals surface area contributed by atoms with Gasteiger partial charge < -0.3 is 15.2 Å². The van der Waals surface area contributed by atoms with Crippen molar-refractivity contribution in [3.05, 3.63) is 23.9 Å². The van der Waals surface area contributed by atoms with Crippen LogP contribution in [0, 0.1) is 0 Å². The van der Waals surface area contributed by atoms with Crippen molar-refractivity contribution in [3.63, 3.8) is 0 Å². The number of hydrogen-bond acceptors (Lipinski definition) is 4. The molecule has 4 heteroatoms. The molecule has 1 heterocycles. The van der Waals surface area contributed by atoms with Gasteiger partial charge in [-0.05, 0) is 32.4 Å². The molecular weight excluding hydrogens is 216 g/mol. The van der Waals surface area contributed by atoms with E-state index in [-0.39, 0.29) is 11.6 Å². The Morgan fingerprint density at radius 1 is 1.47 bits per heavy atom. The zero-order chi connectivity index (χ0) is 12.9. The molecule has 0 fully saturated rings. The first-order valence-electron chi connectivity index (χ1n) is 5.84. The lowest BCUT2D eigenvalue weighted by molar-refractivity contribution is 0.00508. The minimum Gasteiger partial charge on any atom is -0.478 e. The summed E-state index contributed by atoms with van der Waals surface area (Å²) in [6, 6.07) is 3.77. The molecular formula is C13H22N2O2. The zero-order valence-corrected chi connectivity index (χ0v) is 11.1. The number of rotatable bonds is 6. The van der Waals surface area contributed by atoms with E-state index in [0.717, 1.165) is 12.0 Å². The average molecular weight is 238 g/mol. The molecule has 0 saturated carbocycles. The third kappa shape index (κ3) is 4.71. The second kappa shape index (κ2) is 5.98. The van der Waals surface area contributed by atoms with Crippen LogP contribution in [0.25, 0.3) is 0 Å². The highest BCUT2D eigenvalue weighted by Crippen LogP contribution is 2.17. The van der Waals surface area contributed by atoms with E-state index in [1.54, 1.807) is 13.3 Å². The van der Waals surface area contributed by atoms with E-state index >= 15 is 0 Å². The average Bonchev–Trinajstić information content (AvgIpc) is 2.29. The summed E-state index contributed by atoms with van der Waals surface area (Å²) >= 11 is 0. The molecule has 1 rings (SSSR count). The summed E-state index contributed by atoms with van der Waals surface area (Å²) in [5, 5.41) is 0. The van der Waals surface area contributed by atoms with Crippen molar-refractivity contribution < 1.29 is 9.47 Å². The van der Waals surface area contributed by atoms with E-state index in [0.29, 0.717) is 12.5 Å². The van der Waals surface area contributed by atoms with Crippen LogP contribution in [0.1, 0.15) is 38.8 Å². The van der Waals surface area contributed by atoms with Crippen LogP contribution in [0.5, 0.6) is 5.88 Å². The quantitative estimate of drug-likeness (QED) is 0.826. The molecule has 0 aromatic carbocycles. The molecule has 0 spiro atoms. The minimum atomic E-state index is -0.168. The van der Waals surface area contributed by atoms with Gasteiger partial charge in [-0.1, -0.05) is 0 Å². The SMILES string of the molecule is COC(C)(C)CCOc1cc(C(C)N)ccn1. The number of methoxy groups -OCH3 is 1. The molecule has 1 atom stereocenters. The maximum atomic E-state index is 5.80. The standard InChI is InChI=1S/C13H22N2O2/c1-10(14)11-5-7-15-12(9-11)17-8-6-13(2,3)16-4/h5,7,9-10H,6,8,14H2,1-4H3. The summed E-state index contributed by atoms with van der Waals surface area (Å²) in [5.74, 6) is 0.617. The minimum absolute atomic E-state index is 0.00392. The number of aromatic nitrogens is 1. The Bertz CT molecular complexity index is 351. The summed E-state index contributed by atoms with van der Waals surface area (Å²) in [7, 11) is 1.70. The number of hydrogen-bond donors (Lipinski definition) is 1. The van der Waals surface area contributed by atoms with Crippen LogP contribution in [0.3, 0.4) is 0 Å². The highest BCUT2D eigenvalue weighted by atomic mass is 16.5. The van der Waals surface area contributed by atoms with Crippen molar-refractivity contribution in [2.24, 2.45) is 5.73 Å². The third-order valence-corrected chi connectivity index (χ3v) is 2.79. The van der Waals surface area contributed by atoms with Crippen LogP contribution in [0.15, 0.2) is 18.3 Å². The second-order valence-electron chi connectivity index (χ2n) is 4.78. The van der Waals surface area contributed by atoms with Gasteiger partial charge >= 0.3 is 0 Å². The highest BCUT2D eigenvalue weighted by Gasteiger charge is 2.16. The summed E-state index contributed by atoms with van der Waals surface area (Å²) in [5.41, 5.74) is 6.66. The molecule has 0 aliphatic carbocycles. The molecule has 17 heavy (non-hydrogen) atoms. The predicted molar refractivity (Wildman–Crippen MR) is 68.0 cm³/mol. The molecule has 1 unspecified atom stereocenters. The summed E-state index contributed by atoms with van der Waals surface area (Å²) in [4.78, 5) is 4.15. The Hall–Kier alpha value is -1.13. The van der Waals surface area contributed by atoms with E-state index in [1.165, 1.54) is 0 Å². The van der Waals surface area contributed by atoms with E-state index < -0.39 is 0 Å². The van der Waals surface area contributed by atoms with Crippen LogP contribution in [-0.2, 0) is 4.74 Å². The lowest BCUT2D eigenvalue weighted by atomic mass is 10.1. The predicted octanol–water partition coefficient (Wildman–Crippen LogP) is 2.30. The van der Waals surface area contributed by atoms with Crippen LogP contribution in [-0.4, -0.2) is 24.3 Å². The Labute approximate surface area is 103 Å². The van der Waals surface area contributed by atoms with Gasteiger partial charge in [-0.3, -0.25) is 0 Å². The smallest absolute Gasteiger partial charge is 0.213 e. The Balaban J connectivity index is 2.50. The molecule has 0 amide bonds. The first kappa shape index (κ1) is 13.9. The summed E-state index contributed by atoms with van der Waals surface area (Å²) in [6.45, 7) is 6.58. The fraction of sp³-hybridized carbons (Fsp3) is 0.615. The van der Waals surface area contributed by atoms with E-state index in [9.17, 15) is 0 Å². The zero-order valence-electron chi connectivity index (χ0n) is 11.1. The van der Waals surface area contributed by atoms with Crippen LogP contribution >= 0.6 is 0 Å². The fourth-order valence-corrected chi connectivity index (χ4v) is 1.29. The summed E-state index contributed by atoms with van der Waals surface area (Å²) in [6.07, 6.45) is 2.53. The van der Waals surface area contributed by atoms with Gasteiger partial charge in [0.25, 0.3) is 0 Å². The number of nitrogens with two attached hydrogens (primary N) is 1. The Morgan fingerprint density at radius 3 is 2.76 bits per heavy atom. The van der Waals surface area contributed by atoms with Crippen molar-refractivity contribution in [2.45, 2.75) is 38.8 Å². The fourth-order valence-electron chi connectivity index (χ4n) is 1.29. The number of nitrogens with zero attached hydrogens (tertiary/aromatic N) is 1. The van der Waals surface area contributed by atoms with E-state index in [4.69, 9.17) is 15.2 Å². The highest BCUT2D eigenvalue weighted by molar-refractivity contribution is 5.22. The van der Waals surface area contributed by atoms with Gasteiger partial charge in [-0.25, -0.2) is 4.98 Å². The molecule has 96 valence electrons. The van der Waals surface area contributed by atoms with Crippen molar-refractivity contribution >= 4 is 0 Å². The van der Waals surface area contributed by atoms with Gasteiger partial charge in [0.2, 0.25) is 5.88 Å². The van der Waals surface area contributed by atoms with Gasteiger partial charge in [0.1, 0.15) is 0 Å². The number of ether oxygens (including phenoxy) is 2. The molecule has 1 aromatic rings. The van der Waals surface area contributed by atoms with E-state index in [1.807, 2.05) is 32.9 Å². The van der Waals surface area contributed by atoms with Gasteiger partial charge in [0.05, 0.1) is 12.2 Å². The first-order valence-corrected chi connectivity index (χ1v) is 5.84. The lowest BCUT2D eigenvalue weighted by Crippen LogP contribution is -2.25. The maximum absolute atomic E-state index is 5.80. The van der Waals surface area contributed by atoms with Crippen molar-refractivity contribution in [1.29, 1.82) is 0 Å². The molecule has 4 nitrogen and oxygen atoms in total. The van der Waals surface area contributed by atoms with Gasteiger partial charge in [-0.2, -0.15) is 0 Å². The third-order valence-electron chi connectivity index (χ3n) is 2.79. The molecule has 0 aliphatic heterocycles. The van der Waals surface area contributed by atoms with E-state index in [2.05, 4.69) is 4.98 Å². The van der Waals surface area contributed by atoms with Crippen LogP contribution < -0.4 is 10.5 Å². The molecule has 2 N–H and O–H groups in total. The van der Waals surface area contributed by atoms with Gasteiger partial charge in [0, 0.05) is 31.8 Å². The van der Waals surface area contributed by atoms with Crippen LogP contribution in [0.2, 0.25) is 0 Å². The van der Waals surface area contributed by atoms with Crippen LogP contribution in [0.4, 0.5) is 0 Å². The topological polar surface area (TPSA) is 57.4 Å². The Kier molecular flexibility index (Phi) is 4.90. The second-order valence-corrected chi connectivity index (χ2v) is 4.78. The maximum Gasteiger partial charge on any atom is 0.213 e. The van der Waals surface area contributed by atoms with Gasteiger partial charge in [0.15, 0.2) is 0 Å². The normalized spacial score (nSPS) is 13.5. The van der Waals surface area contributed by atoms with Crippen molar-refractivity contribution in [2.75, 3.05) is 13.7 Å². The molecule has 0 aliphatic rings. The molecule has 0 radical (unpaired) electrons. The molecule has 1 aromatic heterocycles. The van der Waals surface area contributed by atoms with Crippen molar-refractivity contribution in [1.82, 2.24) is 4.98 Å². The Morgan fingerprint density at radius 2 is 2.18 bits per heavy atom. The largest absolute Gasteiger partial charge is 0.478 e. The molecule has 0 saturated heterocycles. The van der Waals surface area contributed by atoms with Gasteiger partial charge in [-0.15, -0.1) is 0 Å². The molecule has 0 bridgehead atoms. The number of pyridine rings is 1. The monoisotopic (exact) mass is 238 g/mol. The van der Waals surface area contributed by atoms with Crippen molar-refractivity contribution in [3.8, 4) is 5.88 Å².